The van der Waals surface area contributed by atoms with Gasteiger partial charge in [-0.3, -0.25) is 9.69 Å². The van der Waals surface area contributed by atoms with Gasteiger partial charge in [-0.05, 0) is 62.9 Å². The van der Waals surface area contributed by atoms with Crippen molar-refractivity contribution in [1.82, 2.24) is 9.88 Å². The smallest absolute Gasteiger partial charge is 0.163 e. The number of carbonyl (C=O) groups excluding carboxylic acids is 1. The number of methoxy groups -OCH3 is 1. The van der Waals surface area contributed by atoms with E-state index in [9.17, 15) is 4.79 Å². The summed E-state index contributed by atoms with van der Waals surface area (Å²) in [5, 5.41) is 1.72. The Morgan fingerprint density at radius 1 is 1.22 bits per heavy atom. The molecule has 0 bridgehead atoms. The van der Waals surface area contributed by atoms with Gasteiger partial charge < -0.3 is 4.74 Å². The van der Waals surface area contributed by atoms with Crippen LogP contribution in [-0.2, 0) is 6.54 Å². The van der Waals surface area contributed by atoms with Crippen molar-refractivity contribution in [3.8, 4) is 16.3 Å². The summed E-state index contributed by atoms with van der Waals surface area (Å²) in [6.07, 6.45) is 5.82. The van der Waals surface area contributed by atoms with Gasteiger partial charge in [-0.25, -0.2) is 4.98 Å². The Hall–Kier alpha value is -2.21. The standard InChI is InChI=1S/C26H29ClN2O2S/c1-18-7-9-20(15-25(18)31-2)24(30)10-8-19-11-13-29(14-12-19)17-21-16-28-26(32-21)22-5-3-4-6-23(22)27/h3-7,9,15-16,19H,8,10-14,17H2,1-2H3. The van der Waals surface area contributed by atoms with Crippen LogP contribution in [-0.4, -0.2) is 35.9 Å². The van der Waals surface area contributed by atoms with Gasteiger partial charge in [-0.2, -0.15) is 0 Å². The minimum atomic E-state index is 0.211. The average Bonchev–Trinajstić information content (AvgIpc) is 3.27. The molecule has 2 heterocycles. The van der Waals surface area contributed by atoms with Crippen molar-refractivity contribution in [1.29, 1.82) is 0 Å². The number of halogens is 1. The van der Waals surface area contributed by atoms with Crippen LogP contribution in [0, 0.1) is 12.8 Å². The topological polar surface area (TPSA) is 42.4 Å². The number of likely N-dealkylation sites (tertiary alicyclic amines) is 1. The van der Waals surface area contributed by atoms with Crippen molar-refractivity contribution in [3.05, 3.63) is 69.7 Å². The fraction of sp³-hybridized carbons (Fsp3) is 0.385. The minimum Gasteiger partial charge on any atom is -0.496 e. The third-order valence-electron chi connectivity index (χ3n) is 6.25. The summed E-state index contributed by atoms with van der Waals surface area (Å²) < 4.78 is 5.36. The quantitative estimate of drug-likeness (QED) is 0.347. The van der Waals surface area contributed by atoms with Gasteiger partial charge in [0.2, 0.25) is 0 Å². The number of carbonyl (C=O) groups is 1. The van der Waals surface area contributed by atoms with E-state index in [0.29, 0.717) is 12.3 Å². The first kappa shape index (κ1) is 23.0. The number of rotatable bonds is 8. The summed E-state index contributed by atoms with van der Waals surface area (Å²) in [5.41, 5.74) is 2.81. The van der Waals surface area contributed by atoms with Crippen LogP contribution in [0.5, 0.6) is 5.75 Å². The van der Waals surface area contributed by atoms with Crippen molar-refractivity contribution < 1.29 is 9.53 Å². The summed E-state index contributed by atoms with van der Waals surface area (Å²) in [6.45, 7) is 5.05. The van der Waals surface area contributed by atoms with Crippen molar-refractivity contribution in [2.75, 3.05) is 20.2 Å². The Balaban J connectivity index is 1.24. The van der Waals surface area contributed by atoms with E-state index in [2.05, 4.69) is 9.88 Å². The van der Waals surface area contributed by atoms with Crippen molar-refractivity contribution >= 4 is 28.7 Å². The van der Waals surface area contributed by atoms with Crippen LogP contribution >= 0.6 is 22.9 Å². The molecule has 6 heteroatoms. The summed E-state index contributed by atoms with van der Waals surface area (Å²) in [5.74, 6) is 1.61. The highest BCUT2D eigenvalue weighted by molar-refractivity contribution is 7.15. The molecular formula is C26H29ClN2O2S. The number of nitrogens with zero attached hydrogens (tertiary/aromatic N) is 2. The van der Waals surface area contributed by atoms with E-state index in [1.807, 2.05) is 55.6 Å². The lowest BCUT2D eigenvalue weighted by atomic mass is 9.90. The van der Waals surface area contributed by atoms with E-state index in [0.717, 1.165) is 71.4 Å². The number of aryl methyl sites for hydroxylation is 1. The fourth-order valence-corrected chi connectivity index (χ4v) is 5.54. The minimum absolute atomic E-state index is 0.211. The second-order valence-corrected chi connectivity index (χ2v) is 10.00. The number of benzene rings is 2. The molecule has 0 aliphatic carbocycles. The Morgan fingerprint density at radius 2 is 2.00 bits per heavy atom. The number of aromatic nitrogens is 1. The summed E-state index contributed by atoms with van der Waals surface area (Å²) in [6, 6.07) is 13.6. The summed E-state index contributed by atoms with van der Waals surface area (Å²) >= 11 is 8.03. The molecule has 1 fully saturated rings. The predicted octanol–water partition coefficient (Wildman–Crippen LogP) is 6.66. The maximum absolute atomic E-state index is 12.6. The molecule has 0 amide bonds. The van der Waals surface area contributed by atoms with Gasteiger partial charge in [0.1, 0.15) is 10.8 Å². The van der Waals surface area contributed by atoms with Gasteiger partial charge in [-0.15, -0.1) is 11.3 Å². The van der Waals surface area contributed by atoms with Crippen LogP contribution in [0.4, 0.5) is 0 Å². The highest BCUT2D eigenvalue weighted by Crippen LogP contribution is 2.32. The van der Waals surface area contributed by atoms with Crippen LogP contribution in [0.15, 0.2) is 48.7 Å². The van der Waals surface area contributed by atoms with E-state index in [-0.39, 0.29) is 5.78 Å². The normalized spacial score (nSPS) is 15.1. The molecule has 0 saturated carbocycles. The van der Waals surface area contributed by atoms with Gasteiger partial charge in [0.05, 0.1) is 12.1 Å². The zero-order valence-electron chi connectivity index (χ0n) is 18.6. The molecule has 168 valence electrons. The maximum Gasteiger partial charge on any atom is 0.163 e. The molecule has 1 aliphatic heterocycles. The van der Waals surface area contributed by atoms with E-state index >= 15 is 0 Å². The van der Waals surface area contributed by atoms with E-state index in [4.69, 9.17) is 16.3 Å². The molecule has 0 spiro atoms. The molecule has 0 N–H and O–H groups in total. The maximum atomic E-state index is 12.6. The number of thiazole rings is 1. The third-order valence-corrected chi connectivity index (χ3v) is 7.60. The molecule has 4 nitrogen and oxygen atoms in total. The number of piperidine rings is 1. The predicted molar refractivity (Wildman–Crippen MR) is 132 cm³/mol. The fourth-order valence-electron chi connectivity index (χ4n) is 4.27. The Kier molecular flexibility index (Phi) is 7.61. The van der Waals surface area contributed by atoms with Crippen LogP contribution in [0.3, 0.4) is 0 Å². The molecule has 1 aliphatic rings. The first-order valence-electron chi connectivity index (χ1n) is 11.1. The van der Waals surface area contributed by atoms with Crippen LogP contribution in [0.2, 0.25) is 5.02 Å². The first-order chi connectivity index (χ1) is 15.5. The number of Topliss-reactive ketones (excluding diaryl/α,β-unsaturated/α-hetero) is 1. The first-order valence-corrected chi connectivity index (χ1v) is 12.3. The van der Waals surface area contributed by atoms with E-state index < -0.39 is 0 Å². The van der Waals surface area contributed by atoms with Gasteiger partial charge in [-0.1, -0.05) is 41.9 Å². The molecule has 1 aromatic heterocycles. The van der Waals surface area contributed by atoms with Crippen molar-refractivity contribution in [3.63, 3.8) is 0 Å². The highest BCUT2D eigenvalue weighted by Gasteiger charge is 2.21. The SMILES string of the molecule is COc1cc(C(=O)CCC2CCN(Cc3cnc(-c4ccccc4Cl)s3)CC2)ccc1C. The Bertz CT molecular complexity index is 1070. The molecule has 1 saturated heterocycles. The zero-order chi connectivity index (χ0) is 22.5. The van der Waals surface area contributed by atoms with Gasteiger partial charge >= 0.3 is 0 Å². The van der Waals surface area contributed by atoms with Gasteiger partial charge in [0, 0.05) is 35.2 Å². The lowest BCUT2D eigenvalue weighted by molar-refractivity contribution is 0.0961. The number of hydrogen-bond donors (Lipinski definition) is 0. The summed E-state index contributed by atoms with van der Waals surface area (Å²) in [7, 11) is 1.65. The van der Waals surface area contributed by atoms with Gasteiger partial charge in [0.15, 0.2) is 5.78 Å². The molecule has 0 unspecified atom stereocenters. The third kappa shape index (κ3) is 5.58. The Morgan fingerprint density at radius 3 is 2.75 bits per heavy atom. The highest BCUT2D eigenvalue weighted by atomic mass is 35.5. The Labute approximate surface area is 199 Å². The van der Waals surface area contributed by atoms with E-state index in [1.54, 1.807) is 18.4 Å². The lowest BCUT2D eigenvalue weighted by Crippen LogP contribution is -2.33. The van der Waals surface area contributed by atoms with Crippen LogP contribution < -0.4 is 4.74 Å². The number of ketones is 1. The molecule has 4 rings (SSSR count). The van der Waals surface area contributed by atoms with Crippen LogP contribution in [0.1, 0.15) is 46.5 Å². The second kappa shape index (κ2) is 10.6. The molecule has 2 aromatic carbocycles. The lowest BCUT2D eigenvalue weighted by Gasteiger charge is -2.31. The monoisotopic (exact) mass is 468 g/mol. The molecule has 3 aromatic rings. The van der Waals surface area contributed by atoms with Gasteiger partial charge in [0.25, 0.3) is 0 Å². The average molecular weight is 469 g/mol. The van der Waals surface area contributed by atoms with Crippen molar-refractivity contribution in [2.24, 2.45) is 5.92 Å². The molecule has 32 heavy (non-hydrogen) atoms. The zero-order valence-corrected chi connectivity index (χ0v) is 20.2. The second-order valence-electron chi connectivity index (χ2n) is 8.48. The summed E-state index contributed by atoms with van der Waals surface area (Å²) in [4.78, 5) is 21.0. The van der Waals surface area contributed by atoms with Crippen LogP contribution in [0.25, 0.3) is 10.6 Å². The molecule has 0 radical (unpaired) electrons. The largest absolute Gasteiger partial charge is 0.496 e. The molecular weight excluding hydrogens is 440 g/mol. The molecule has 0 atom stereocenters. The number of hydrogen-bond acceptors (Lipinski definition) is 5. The van der Waals surface area contributed by atoms with Crippen molar-refractivity contribution in [2.45, 2.75) is 39.2 Å². The van der Waals surface area contributed by atoms with E-state index in [1.165, 1.54) is 4.88 Å². The number of ether oxygens (including phenoxy) is 1.